The van der Waals surface area contributed by atoms with Gasteiger partial charge in [0, 0.05) is 13.6 Å². The molecule has 0 aromatic heterocycles. The van der Waals surface area contributed by atoms with Crippen molar-refractivity contribution in [1.29, 1.82) is 5.26 Å². The number of hydrogen-bond acceptors (Lipinski definition) is 5. The number of amides is 2. The van der Waals surface area contributed by atoms with E-state index in [1.807, 2.05) is 0 Å². The Morgan fingerprint density at radius 3 is 2.61 bits per heavy atom. The number of rotatable bonds is 4. The Bertz CT molecular complexity index is 496. The lowest BCUT2D eigenvalue weighted by Crippen LogP contribution is -2.60. The number of likely N-dealkylation sites (N-methyl/N-ethyl adjacent to an activating group) is 1. The molecule has 2 atom stereocenters. The second-order valence-corrected chi connectivity index (χ2v) is 6.55. The summed E-state index contributed by atoms with van der Waals surface area (Å²) in [6.45, 7) is 2.82. The van der Waals surface area contributed by atoms with Crippen LogP contribution in [-0.4, -0.2) is 66.0 Å². The Hall–Kier alpha value is -1.65. The highest BCUT2D eigenvalue weighted by Crippen LogP contribution is 2.32. The highest BCUT2D eigenvalue weighted by atomic mass is 16.5. The lowest BCUT2D eigenvalue weighted by Gasteiger charge is -2.42. The maximum Gasteiger partial charge on any atom is 0.237 e. The normalized spacial score (nSPS) is 27.9. The number of carbonyl (C=O) groups excluding carboxylic acids is 2. The maximum absolute atomic E-state index is 12.7. The van der Waals surface area contributed by atoms with Gasteiger partial charge in [-0.05, 0) is 19.8 Å². The molecule has 2 aliphatic rings. The molecule has 1 aliphatic heterocycles. The van der Waals surface area contributed by atoms with Gasteiger partial charge < -0.3 is 15.4 Å². The fourth-order valence-corrected chi connectivity index (χ4v) is 3.65. The molecule has 0 spiro atoms. The number of nitrogens with two attached hydrogens (primary N) is 1. The maximum atomic E-state index is 12.7. The third kappa shape index (κ3) is 3.65. The van der Waals surface area contributed by atoms with Crippen LogP contribution < -0.4 is 5.73 Å². The summed E-state index contributed by atoms with van der Waals surface area (Å²) in [5, 5.41) is 9.60. The SMILES string of the molecule is C[C@H]1OCCN(CC(=O)N(C)C2(C#N)CCCCC2)[C@@H]1C(N)=O. The van der Waals surface area contributed by atoms with Crippen LogP contribution in [0.15, 0.2) is 0 Å². The van der Waals surface area contributed by atoms with Crippen LogP contribution in [0.1, 0.15) is 39.0 Å². The van der Waals surface area contributed by atoms with Crippen LogP contribution in [0.4, 0.5) is 0 Å². The fourth-order valence-electron chi connectivity index (χ4n) is 3.65. The monoisotopic (exact) mass is 322 g/mol. The number of nitriles is 1. The molecule has 0 aromatic carbocycles. The summed E-state index contributed by atoms with van der Waals surface area (Å²) in [4.78, 5) is 27.7. The molecule has 2 fully saturated rings. The molecule has 0 bridgehead atoms. The van der Waals surface area contributed by atoms with E-state index in [-0.39, 0.29) is 18.6 Å². The van der Waals surface area contributed by atoms with E-state index < -0.39 is 17.5 Å². The average Bonchev–Trinajstić information content (AvgIpc) is 2.54. The van der Waals surface area contributed by atoms with Crippen molar-refractivity contribution in [2.45, 2.75) is 56.7 Å². The first kappa shape index (κ1) is 17.7. The number of nitrogens with zero attached hydrogens (tertiary/aromatic N) is 3. The second kappa shape index (κ2) is 7.28. The second-order valence-electron chi connectivity index (χ2n) is 6.55. The standard InChI is InChI=1S/C16H26N4O3/c1-12-14(15(18)22)20(8-9-23-12)10-13(21)19(2)16(11-17)6-4-3-5-7-16/h12,14H,3-10H2,1-2H3,(H2,18,22)/t12-,14+/m1/s1. The van der Waals surface area contributed by atoms with Crippen molar-refractivity contribution in [2.75, 3.05) is 26.7 Å². The Labute approximate surface area is 137 Å². The molecule has 1 saturated heterocycles. The third-order valence-electron chi connectivity index (χ3n) is 5.13. The van der Waals surface area contributed by atoms with Gasteiger partial charge in [0.2, 0.25) is 11.8 Å². The summed E-state index contributed by atoms with van der Waals surface area (Å²) in [5.74, 6) is -0.630. The van der Waals surface area contributed by atoms with Gasteiger partial charge in [-0.2, -0.15) is 5.26 Å². The van der Waals surface area contributed by atoms with Gasteiger partial charge in [0.1, 0.15) is 11.6 Å². The third-order valence-corrected chi connectivity index (χ3v) is 5.13. The minimum Gasteiger partial charge on any atom is -0.375 e. The fraction of sp³-hybridized carbons (Fsp3) is 0.812. The van der Waals surface area contributed by atoms with Gasteiger partial charge in [0.05, 0.1) is 25.3 Å². The highest BCUT2D eigenvalue weighted by molar-refractivity contribution is 5.83. The molecule has 1 heterocycles. The zero-order valence-electron chi connectivity index (χ0n) is 14.0. The highest BCUT2D eigenvalue weighted by Gasteiger charge is 2.41. The first-order chi connectivity index (χ1) is 10.9. The van der Waals surface area contributed by atoms with E-state index >= 15 is 0 Å². The number of carbonyl (C=O) groups is 2. The molecule has 0 aromatic rings. The van der Waals surface area contributed by atoms with Crippen molar-refractivity contribution in [3.05, 3.63) is 0 Å². The van der Waals surface area contributed by atoms with Crippen LogP contribution in [0.5, 0.6) is 0 Å². The molecule has 2 N–H and O–H groups in total. The zero-order valence-corrected chi connectivity index (χ0v) is 14.0. The number of morpholine rings is 1. The van der Waals surface area contributed by atoms with Gasteiger partial charge in [-0.15, -0.1) is 0 Å². The zero-order chi connectivity index (χ0) is 17.0. The van der Waals surface area contributed by atoms with E-state index in [1.165, 1.54) is 0 Å². The van der Waals surface area contributed by atoms with Crippen molar-refractivity contribution in [3.63, 3.8) is 0 Å². The summed E-state index contributed by atoms with van der Waals surface area (Å²) >= 11 is 0. The Morgan fingerprint density at radius 2 is 2.04 bits per heavy atom. The molecule has 7 heteroatoms. The van der Waals surface area contributed by atoms with Gasteiger partial charge >= 0.3 is 0 Å². The van der Waals surface area contributed by atoms with Crippen LogP contribution >= 0.6 is 0 Å². The molecule has 7 nitrogen and oxygen atoms in total. The topological polar surface area (TPSA) is 99.7 Å². The first-order valence-corrected chi connectivity index (χ1v) is 8.24. The van der Waals surface area contributed by atoms with Gasteiger partial charge in [-0.3, -0.25) is 14.5 Å². The minimum atomic E-state index is -0.713. The lowest BCUT2D eigenvalue weighted by molar-refractivity contribution is -0.145. The quantitative estimate of drug-likeness (QED) is 0.799. The molecule has 1 aliphatic carbocycles. The van der Waals surface area contributed by atoms with E-state index in [0.29, 0.717) is 26.0 Å². The molecule has 2 rings (SSSR count). The molecule has 0 unspecified atom stereocenters. The van der Waals surface area contributed by atoms with Crippen molar-refractivity contribution in [1.82, 2.24) is 9.80 Å². The molecule has 23 heavy (non-hydrogen) atoms. The van der Waals surface area contributed by atoms with Crippen LogP contribution in [0.3, 0.4) is 0 Å². The van der Waals surface area contributed by atoms with E-state index in [0.717, 1.165) is 19.3 Å². The minimum absolute atomic E-state index is 0.0846. The molecule has 1 saturated carbocycles. The first-order valence-electron chi connectivity index (χ1n) is 8.24. The molecular formula is C16H26N4O3. The van der Waals surface area contributed by atoms with Gasteiger partial charge in [-0.25, -0.2) is 0 Å². The smallest absolute Gasteiger partial charge is 0.237 e. The van der Waals surface area contributed by atoms with Crippen LogP contribution in [-0.2, 0) is 14.3 Å². The number of hydrogen-bond donors (Lipinski definition) is 1. The molecule has 128 valence electrons. The van der Waals surface area contributed by atoms with Crippen molar-refractivity contribution in [3.8, 4) is 6.07 Å². The Morgan fingerprint density at radius 1 is 1.39 bits per heavy atom. The van der Waals surface area contributed by atoms with E-state index in [1.54, 1.807) is 23.8 Å². The summed E-state index contributed by atoms with van der Waals surface area (Å²) < 4.78 is 5.46. The summed E-state index contributed by atoms with van der Waals surface area (Å²) in [7, 11) is 1.69. The lowest BCUT2D eigenvalue weighted by atomic mass is 9.81. The van der Waals surface area contributed by atoms with E-state index in [9.17, 15) is 14.9 Å². The molecular weight excluding hydrogens is 296 g/mol. The van der Waals surface area contributed by atoms with E-state index in [4.69, 9.17) is 10.5 Å². The predicted octanol–water partition coefficient (Wildman–Crippen LogP) is 0.246. The summed E-state index contributed by atoms with van der Waals surface area (Å²) in [6, 6.07) is 1.74. The summed E-state index contributed by atoms with van der Waals surface area (Å²) in [5.41, 5.74) is 4.74. The Balaban J connectivity index is 2.07. The van der Waals surface area contributed by atoms with E-state index in [2.05, 4.69) is 6.07 Å². The van der Waals surface area contributed by atoms with Crippen molar-refractivity contribution >= 4 is 11.8 Å². The predicted molar refractivity (Wildman–Crippen MR) is 84.2 cm³/mol. The average molecular weight is 322 g/mol. The van der Waals surface area contributed by atoms with Crippen LogP contribution in [0, 0.1) is 11.3 Å². The summed E-state index contributed by atoms with van der Waals surface area (Å²) in [6.07, 6.45) is 4.12. The van der Waals surface area contributed by atoms with Crippen molar-refractivity contribution < 1.29 is 14.3 Å². The van der Waals surface area contributed by atoms with Gasteiger partial charge in [-0.1, -0.05) is 19.3 Å². The number of primary amides is 1. The van der Waals surface area contributed by atoms with Crippen LogP contribution in [0.25, 0.3) is 0 Å². The molecule has 2 amide bonds. The van der Waals surface area contributed by atoms with Gasteiger partial charge in [0.15, 0.2) is 0 Å². The van der Waals surface area contributed by atoms with Crippen LogP contribution in [0.2, 0.25) is 0 Å². The molecule has 0 radical (unpaired) electrons. The van der Waals surface area contributed by atoms with Gasteiger partial charge in [0.25, 0.3) is 0 Å². The number of ether oxygens (including phenoxy) is 1. The van der Waals surface area contributed by atoms with Crippen molar-refractivity contribution in [2.24, 2.45) is 5.73 Å². The Kier molecular flexibility index (Phi) is 5.60. The largest absolute Gasteiger partial charge is 0.375 e.